The molecule has 0 fully saturated rings. The topological polar surface area (TPSA) is 81.2 Å². The zero-order valence-corrected chi connectivity index (χ0v) is 9.03. The van der Waals surface area contributed by atoms with Gasteiger partial charge in [-0.3, -0.25) is 4.79 Å². The van der Waals surface area contributed by atoms with Gasteiger partial charge in [0.1, 0.15) is 5.82 Å². The van der Waals surface area contributed by atoms with Crippen LogP contribution in [0.25, 0.3) is 0 Å². The largest absolute Gasteiger partial charge is 0.438 e. The maximum Gasteiger partial charge on any atom is 0.293 e. The van der Waals surface area contributed by atoms with Crippen LogP contribution in [0, 0.1) is 12.7 Å². The van der Waals surface area contributed by atoms with Gasteiger partial charge in [-0.25, -0.2) is 9.37 Å². The molecule has 0 aliphatic carbocycles. The summed E-state index contributed by atoms with van der Waals surface area (Å²) in [4.78, 5) is 15.5. The molecule has 88 valence electrons. The molecule has 2 aromatic rings. The van der Waals surface area contributed by atoms with E-state index in [0.29, 0.717) is 11.4 Å². The van der Waals surface area contributed by atoms with E-state index in [1.807, 2.05) is 0 Å². The summed E-state index contributed by atoms with van der Waals surface area (Å²) in [6.07, 6.45) is 1.17. The highest BCUT2D eigenvalue weighted by Gasteiger charge is 2.14. The van der Waals surface area contributed by atoms with Crippen molar-refractivity contribution < 1.29 is 13.6 Å². The van der Waals surface area contributed by atoms with Gasteiger partial charge in [-0.1, -0.05) is 0 Å². The second-order valence-corrected chi connectivity index (χ2v) is 3.46. The van der Waals surface area contributed by atoms with E-state index in [2.05, 4.69) is 10.3 Å². The van der Waals surface area contributed by atoms with Crippen molar-refractivity contribution >= 4 is 17.3 Å². The molecule has 0 unspecified atom stereocenters. The molecular weight excluding hydrogens is 225 g/mol. The van der Waals surface area contributed by atoms with E-state index in [9.17, 15) is 9.18 Å². The first-order valence-corrected chi connectivity index (χ1v) is 4.84. The first-order valence-electron chi connectivity index (χ1n) is 4.84. The third kappa shape index (κ3) is 2.25. The zero-order chi connectivity index (χ0) is 12.4. The molecule has 0 aliphatic rings. The van der Waals surface area contributed by atoms with E-state index in [-0.39, 0.29) is 11.4 Å². The number of aryl methyl sites for hydroxylation is 1. The highest BCUT2D eigenvalue weighted by Crippen LogP contribution is 2.17. The normalized spacial score (nSPS) is 10.2. The summed E-state index contributed by atoms with van der Waals surface area (Å²) in [5, 5.41) is 2.48. The molecule has 1 aromatic carbocycles. The SMILES string of the molecule is Cc1ncoc1C(=O)Nc1ccc(N)c(F)c1. The minimum absolute atomic E-state index is 0.0267. The lowest BCUT2D eigenvalue weighted by Crippen LogP contribution is -2.12. The first-order chi connectivity index (χ1) is 8.08. The van der Waals surface area contributed by atoms with Gasteiger partial charge in [0, 0.05) is 5.69 Å². The molecule has 2 rings (SSSR count). The summed E-state index contributed by atoms with van der Waals surface area (Å²) < 4.78 is 18.0. The molecular formula is C11H10FN3O2. The van der Waals surface area contributed by atoms with Gasteiger partial charge in [-0.2, -0.15) is 0 Å². The third-order valence-electron chi connectivity index (χ3n) is 2.21. The van der Waals surface area contributed by atoms with Crippen molar-refractivity contribution in [2.75, 3.05) is 11.1 Å². The molecule has 0 bridgehead atoms. The number of halogens is 1. The zero-order valence-electron chi connectivity index (χ0n) is 9.03. The number of oxazole rings is 1. The van der Waals surface area contributed by atoms with E-state index in [1.54, 1.807) is 6.92 Å². The summed E-state index contributed by atoms with van der Waals surface area (Å²) in [7, 11) is 0. The lowest BCUT2D eigenvalue weighted by Gasteiger charge is -2.04. The molecule has 3 N–H and O–H groups in total. The van der Waals surface area contributed by atoms with Gasteiger partial charge >= 0.3 is 0 Å². The minimum Gasteiger partial charge on any atom is -0.438 e. The molecule has 1 amide bonds. The maximum atomic E-state index is 13.1. The van der Waals surface area contributed by atoms with Gasteiger partial charge in [-0.05, 0) is 25.1 Å². The Bertz CT molecular complexity index is 566. The number of anilines is 2. The number of carbonyl (C=O) groups is 1. The summed E-state index contributed by atoms with van der Waals surface area (Å²) in [5.41, 5.74) is 6.12. The lowest BCUT2D eigenvalue weighted by molar-refractivity contribution is 0.0996. The third-order valence-corrected chi connectivity index (χ3v) is 2.21. The van der Waals surface area contributed by atoms with Crippen LogP contribution in [0.15, 0.2) is 29.0 Å². The average Bonchev–Trinajstić information content (AvgIpc) is 2.70. The number of hydrogen-bond acceptors (Lipinski definition) is 4. The Balaban J connectivity index is 2.19. The van der Waals surface area contributed by atoms with Crippen molar-refractivity contribution in [3.05, 3.63) is 41.9 Å². The van der Waals surface area contributed by atoms with Crippen LogP contribution in [0.4, 0.5) is 15.8 Å². The lowest BCUT2D eigenvalue weighted by atomic mass is 10.2. The smallest absolute Gasteiger partial charge is 0.293 e. The number of hydrogen-bond donors (Lipinski definition) is 2. The van der Waals surface area contributed by atoms with Crippen LogP contribution in [0.5, 0.6) is 0 Å². The summed E-state index contributed by atoms with van der Waals surface area (Å²) in [5.74, 6) is -0.969. The molecule has 5 nitrogen and oxygen atoms in total. The molecule has 0 spiro atoms. The Labute approximate surface area is 96.4 Å². The Morgan fingerprint density at radius 2 is 2.29 bits per heavy atom. The van der Waals surface area contributed by atoms with Crippen molar-refractivity contribution in [2.24, 2.45) is 0 Å². The molecule has 6 heteroatoms. The molecule has 1 heterocycles. The molecule has 17 heavy (non-hydrogen) atoms. The van der Waals surface area contributed by atoms with Crippen molar-refractivity contribution in [3.8, 4) is 0 Å². The summed E-state index contributed by atoms with van der Waals surface area (Å²) in [6.45, 7) is 1.64. The fourth-order valence-corrected chi connectivity index (χ4v) is 1.31. The predicted octanol–water partition coefficient (Wildman–Crippen LogP) is 1.96. The second-order valence-electron chi connectivity index (χ2n) is 3.46. The predicted molar refractivity (Wildman–Crippen MR) is 60.0 cm³/mol. The van der Waals surface area contributed by atoms with Crippen LogP contribution in [-0.4, -0.2) is 10.9 Å². The van der Waals surface area contributed by atoms with Gasteiger partial charge in [-0.15, -0.1) is 0 Å². The van der Waals surface area contributed by atoms with Crippen molar-refractivity contribution in [1.29, 1.82) is 0 Å². The van der Waals surface area contributed by atoms with Crippen molar-refractivity contribution in [1.82, 2.24) is 4.98 Å². The van der Waals surface area contributed by atoms with Gasteiger partial charge < -0.3 is 15.5 Å². The molecule has 0 radical (unpaired) electrons. The van der Waals surface area contributed by atoms with Gasteiger partial charge in [0.25, 0.3) is 5.91 Å². The number of amides is 1. The molecule has 0 aliphatic heterocycles. The number of nitrogen functional groups attached to an aromatic ring is 1. The Morgan fingerprint density at radius 1 is 1.53 bits per heavy atom. The molecule has 1 aromatic heterocycles. The number of benzene rings is 1. The van der Waals surface area contributed by atoms with E-state index < -0.39 is 11.7 Å². The quantitative estimate of drug-likeness (QED) is 0.779. The van der Waals surface area contributed by atoms with Crippen molar-refractivity contribution in [2.45, 2.75) is 6.92 Å². The summed E-state index contributed by atoms with van der Waals surface area (Å²) >= 11 is 0. The Kier molecular flexibility index (Phi) is 2.78. The second kappa shape index (κ2) is 4.25. The fraction of sp³-hybridized carbons (Fsp3) is 0.0909. The number of carbonyl (C=O) groups excluding carboxylic acids is 1. The average molecular weight is 235 g/mol. The molecule has 0 saturated carbocycles. The number of nitrogens with one attached hydrogen (secondary N) is 1. The van der Waals surface area contributed by atoms with Gasteiger partial charge in [0.2, 0.25) is 5.76 Å². The van der Waals surface area contributed by atoms with E-state index in [4.69, 9.17) is 10.2 Å². The number of nitrogens with two attached hydrogens (primary N) is 1. The highest BCUT2D eigenvalue weighted by atomic mass is 19.1. The standard InChI is InChI=1S/C11H10FN3O2/c1-6-10(17-5-14-6)11(16)15-7-2-3-9(13)8(12)4-7/h2-5H,13H2,1H3,(H,15,16). The van der Waals surface area contributed by atoms with Crippen LogP contribution in [0.3, 0.4) is 0 Å². The van der Waals surface area contributed by atoms with Crippen LogP contribution < -0.4 is 11.1 Å². The summed E-state index contributed by atoms with van der Waals surface area (Å²) in [6, 6.07) is 4.01. The monoisotopic (exact) mass is 235 g/mol. The molecule has 0 saturated heterocycles. The highest BCUT2D eigenvalue weighted by molar-refractivity contribution is 6.02. The first kappa shape index (κ1) is 11.1. The number of rotatable bonds is 2. The van der Waals surface area contributed by atoms with Gasteiger partial charge in [0.05, 0.1) is 11.4 Å². The van der Waals surface area contributed by atoms with E-state index in [1.165, 1.54) is 18.5 Å². The van der Waals surface area contributed by atoms with Gasteiger partial charge in [0.15, 0.2) is 6.39 Å². The fourth-order valence-electron chi connectivity index (χ4n) is 1.31. The number of nitrogens with zero attached hydrogens (tertiary/aromatic N) is 1. The number of aromatic nitrogens is 1. The van der Waals surface area contributed by atoms with Crippen molar-refractivity contribution in [3.63, 3.8) is 0 Å². The van der Waals surface area contributed by atoms with E-state index in [0.717, 1.165) is 6.07 Å². The molecule has 0 atom stereocenters. The Hall–Kier alpha value is -2.37. The van der Waals surface area contributed by atoms with Crippen LogP contribution in [-0.2, 0) is 0 Å². The maximum absolute atomic E-state index is 13.1. The van der Waals surface area contributed by atoms with Crippen LogP contribution >= 0.6 is 0 Å². The van der Waals surface area contributed by atoms with Crippen LogP contribution in [0.2, 0.25) is 0 Å². The Morgan fingerprint density at radius 3 is 2.88 bits per heavy atom. The van der Waals surface area contributed by atoms with Crippen LogP contribution in [0.1, 0.15) is 16.2 Å². The minimum atomic E-state index is -0.586. The van der Waals surface area contributed by atoms with E-state index >= 15 is 0 Å².